The van der Waals surface area contributed by atoms with E-state index in [0.717, 1.165) is 18.2 Å². The highest BCUT2D eigenvalue weighted by molar-refractivity contribution is 5.95. The van der Waals surface area contributed by atoms with Crippen molar-refractivity contribution in [2.75, 3.05) is 26.1 Å². The van der Waals surface area contributed by atoms with Crippen molar-refractivity contribution in [2.45, 2.75) is 6.92 Å². The maximum absolute atomic E-state index is 16.1. The summed E-state index contributed by atoms with van der Waals surface area (Å²) in [7, 11) is 2.52. The van der Waals surface area contributed by atoms with E-state index in [9.17, 15) is 9.90 Å². The number of hydrogen-bond donors (Lipinski definition) is 6. The number of methoxy groups -OCH3 is 2. The van der Waals surface area contributed by atoms with Gasteiger partial charge in [0.25, 0.3) is 11.8 Å². The minimum Gasteiger partial charge on any atom is -0.504 e. The lowest BCUT2D eigenvalue weighted by Crippen LogP contribution is -2.20. The third-order valence-corrected chi connectivity index (χ3v) is 5.95. The van der Waals surface area contributed by atoms with Crippen LogP contribution < -0.4 is 40.5 Å². The smallest absolute Gasteiger partial charge is 0.338 e. The number of carbonyl (C=O) groups is 1. The number of nitrogen functional groups attached to an aromatic ring is 1. The number of phenols is 1. The number of carbonyl (C=O) groups excluding carboxylic acids is 1. The van der Waals surface area contributed by atoms with Crippen LogP contribution in [0.5, 0.6) is 52.0 Å². The zero-order valence-corrected chi connectivity index (χ0v) is 24.6. The first-order chi connectivity index (χ1) is 21.9. The quantitative estimate of drug-likeness (QED) is 0.0668. The molecular formula is C30H28F2N6O8. The molecule has 46 heavy (non-hydrogen) atoms. The Kier molecular flexibility index (Phi) is 9.90. The lowest BCUT2D eigenvalue weighted by atomic mass is 10.2. The summed E-state index contributed by atoms with van der Waals surface area (Å²) in [6, 6.07) is 11.8. The monoisotopic (exact) mass is 638 g/mol. The summed E-state index contributed by atoms with van der Waals surface area (Å²) in [6.07, 6.45) is 0. The Hall–Kier alpha value is -6.32. The average molecular weight is 639 g/mol. The number of aromatic hydroxyl groups is 1. The summed E-state index contributed by atoms with van der Waals surface area (Å²) < 4.78 is 64.5. The number of rotatable bonds is 12. The van der Waals surface area contributed by atoms with E-state index in [2.05, 4.69) is 10.3 Å². The molecule has 0 saturated heterocycles. The summed E-state index contributed by atoms with van der Waals surface area (Å²) in [5.41, 5.74) is 11.2. The minimum atomic E-state index is -1.49. The molecule has 16 heteroatoms. The van der Waals surface area contributed by atoms with Gasteiger partial charge in [0.15, 0.2) is 29.0 Å². The number of nitrogens with two attached hydrogens (primary N) is 2. The standard InChI is InChI=1S/C30H28F2N6O8/c1-4-43-29(40)15-11-20(41-2)24(42-3)21(12-15)45-25-22(31)27(44-17-7-5-6-16(13-17)37-30(35)36)38-28(23(25)32)46-19-10-14(26(33)34)8-9-18(19)39/h5-13,39H,4H2,1-3H3,(H3,33,34)(H4,35,36,37). The Morgan fingerprint density at radius 2 is 1.54 bits per heavy atom. The van der Waals surface area contributed by atoms with E-state index in [4.69, 9.17) is 50.7 Å². The van der Waals surface area contributed by atoms with Crippen LogP contribution in [-0.2, 0) is 4.74 Å². The number of anilines is 1. The van der Waals surface area contributed by atoms with Gasteiger partial charge < -0.3 is 50.3 Å². The molecule has 0 amide bonds. The van der Waals surface area contributed by atoms with Gasteiger partial charge in [-0.2, -0.15) is 13.8 Å². The van der Waals surface area contributed by atoms with Crippen molar-refractivity contribution in [3.8, 4) is 52.0 Å². The molecule has 240 valence electrons. The lowest BCUT2D eigenvalue weighted by molar-refractivity contribution is 0.0525. The number of guanidine groups is 1. The molecule has 0 atom stereocenters. The van der Waals surface area contributed by atoms with Crippen LogP contribution in [0.15, 0.2) is 54.6 Å². The van der Waals surface area contributed by atoms with Gasteiger partial charge in [0, 0.05) is 17.3 Å². The molecular weight excluding hydrogens is 610 g/mol. The predicted molar refractivity (Wildman–Crippen MR) is 161 cm³/mol. The summed E-state index contributed by atoms with van der Waals surface area (Å²) >= 11 is 0. The molecule has 0 spiro atoms. The van der Waals surface area contributed by atoms with Gasteiger partial charge in [-0.05, 0) is 49.4 Å². The van der Waals surface area contributed by atoms with E-state index < -0.39 is 40.9 Å². The van der Waals surface area contributed by atoms with Crippen LogP contribution in [0.1, 0.15) is 22.8 Å². The number of esters is 1. The maximum atomic E-state index is 16.1. The van der Waals surface area contributed by atoms with Gasteiger partial charge in [-0.1, -0.05) is 6.07 Å². The van der Waals surface area contributed by atoms with Crippen LogP contribution in [0.2, 0.25) is 0 Å². The molecule has 0 fully saturated rings. The number of nitrogens with zero attached hydrogens (tertiary/aromatic N) is 1. The molecule has 14 nitrogen and oxygen atoms in total. The highest BCUT2D eigenvalue weighted by atomic mass is 19.1. The maximum Gasteiger partial charge on any atom is 0.338 e. The van der Waals surface area contributed by atoms with Crippen molar-refractivity contribution in [3.05, 3.63) is 77.4 Å². The number of hydrogen-bond acceptors (Lipinski definition) is 11. The lowest BCUT2D eigenvalue weighted by Gasteiger charge is -2.18. The predicted octanol–water partition coefficient (Wildman–Crippen LogP) is 5.23. The van der Waals surface area contributed by atoms with Crippen LogP contribution in [0.25, 0.3) is 0 Å². The Morgan fingerprint density at radius 3 is 2.17 bits per heavy atom. The van der Waals surface area contributed by atoms with Crippen LogP contribution in [0, 0.1) is 22.5 Å². The SMILES string of the molecule is CCOC(=O)c1cc(OC)c(OC)c(Oc2c(F)c(Oc3cccc(NC(=N)N)c3)nc(Oc3cc(C(=N)N)ccc3O)c2F)c1. The van der Waals surface area contributed by atoms with Crippen LogP contribution in [-0.4, -0.2) is 48.7 Å². The van der Waals surface area contributed by atoms with E-state index in [1.807, 2.05) is 0 Å². The van der Waals surface area contributed by atoms with Crippen LogP contribution in [0.4, 0.5) is 14.5 Å². The van der Waals surface area contributed by atoms with Crippen LogP contribution in [0.3, 0.4) is 0 Å². The average Bonchev–Trinajstić information content (AvgIpc) is 3.01. The molecule has 0 aliphatic carbocycles. The molecule has 0 aliphatic rings. The van der Waals surface area contributed by atoms with Crippen molar-refractivity contribution >= 4 is 23.5 Å². The number of benzene rings is 3. The molecule has 1 heterocycles. The van der Waals surface area contributed by atoms with Crippen molar-refractivity contribution in [1.29, 1.82) is 10.8 Å². The number of phenolic OH excluding ortho intramolecular Hbond substituents is 1. The third kappa shape index (κ3) is 7.24. The zero-order chi connectivity index (χ0) is 33.5. The highest BCUT2D eigenvalue weighted by Gasteiger charge is 2.29. The van der Waals surface area contributed by atoms with Gasteiger partial charge in [-0.25, -0.2) is 4.79 Å². The van der Waals surface area contributed by atoms with Gasteiger partial charge in [0.2, 0.25) is 23.1 Å². The van der Waals surface area contributed by atoms with E-state index in [-0.39, 0.29) is 58.3 Å². The second-order valence-electron chi connectivity index (χ2n) is 9.08. The van der Waals surface area contributed by atoms with Gasteiger partial charge >= 0.3 is 5.97 Å². The van der Waals surface area contributed by atoms with E-state index in [0.29, 0.717) is 5.69 Å². The second kappa shape index (κ2) is 14.0. The molecule has 0 unspecified atom stereocenters. The normalized spacial score (nSPS) is 10.5. The fraction of sp³-hybridized carbons (Fsp3) is 0.133. The van der Waals surface area contributed by atoms with Crippen LogP contribution >= 0.6 is 0 Å². The number of pyridine rings is 1. The van der Waals surface area contributed by atoms with Gasteiger partial charge in [-0.3, -0.25) is 10.8 Å². The number of ether oxygens (including phenoxy) is 6. The van der Waals surface area contributed by atoms with Crippen molar-refractivity contribution < 1.29 is 47.1 Å². The molecule has 0 bridgehead atoms. The summed E-state index contributed by atoms with van der Waals surface area (Å²) in [5.74, 6) is -8.78. The molecule has 3 aromatic carbocycles. The van der Waals surface area contributed by atoms with Gasteiger partial charge in [-0.15, -0.1) is 0 Å². The Labute approximate surface area is 260 Å². The molecule has 8 N–H and O–H groups in total. The number of halogens is 2. The first-order valence-electron chi connectivity index (χ1n) is 13.2. The van der Waals surface area contributed by atoms with E-state index in [1.54, 1.807) is 13.0 Å². The van der Waals surface area contributed by atoms with Crippen molar-refractivity contribution in [3.63, 3.8) is 0 Å². The Bertz CT molecular complexity index is 1820. The Morgan fingerprint density at radius 1 is 0.870 bits per heavy atom. The molecule has 0 aliphatic heterocycles. The number of nitrogens with one attached hydrogen (secondary N) is 3. The summed E-state index contributed by atoms with van der Waals surface area (Å²) in [6.45, 7) is 1.63. The number of aromatic nitrogens is 1. The fourth-order valence-corrected chi connectivity index (χ4v) is 3.93. The molecule has 1 aromatic heterocycles. The van der Waals surface area contributed by atoms with E-state index >= 15 is 8.78 Å². The summed E-state index contributed by atoms with van der Waals surface area (Å²) in [4.78, 5) is 16.4. The molecule has 4 rings (SSSR count). The highest BCUT2D eigenvalue weighted by Crippen LogP contribution is 2.45. The minimum absolute atomic E-state index is 0.0216. The first kappa shape index (κ1) is 32.6. The molecule has 0 saturated carbocycles. The largest absolute Gasteiger partial charge is 0.504 e. The number of amidine groups is 1. The van der Waals surface area contributed by atoms with Crippen molar-refractivity contribution in [1.82, 2.24) is 4.98 Å². The molecule has 0 radical (unpaired) electrons. The second-order valence-corrected chi connectivity index (χ2v) is 9.08. The Balaban J connectivity index is 1.89. The first-order valence-corrected chi connectivity index (χ1v) is 13.2. The molecule has 4 aromatic rings. The van der Waals surface area contributed by atoms with Gasteiger partial charge in [0.05, 0.1) is 26.4 Å². The van der Waals surface area contributed by atoms with Gasteiger partial charge in [0.1, 0.15) is 11.6 Å². The third-order valence-electron chi connectivity index (χ3n) is 5.95. The fourth-order valence-electron chi connectivity index (χ4n) is 3.93. The summed E-state index contributed by atoms with van der Waals surface area (Å²) in [5, 5.41) is 28.0. The topological polar surface area (TPSA) is 217 Å². The van der Waals surface area contributed by atoms with Crippen molar-refractivity contribution in [2.24, 2.45) is 11.5 Å². The van der Waals surface area contributed by atoms with E-state index in [1.165, 1.54) is 44.6 Å². The zero-order valence-electron chi connectivity index (χ0n) is 24.6.